The van der Waals surface area contributed by atoms with Crippen molar-refractivity contribution in [1.82, 2.24) is 4.90 Å². The van der Waals surface area contributed by atoms with E-state index in [4.69, 9.17) is 0 Å². The molecule has 15 heavy (non-hydrogen) atoms. The molecule has 0 aliphatic rings. The maximum absolute atomic E-state index is 3.50. The number of hydrogen-bond donors (Lipinski definition) is 0. The number of halogens is 1. The van der Waals surface area contributed by atoms with Crippen molar-refractivity contribution in [3.05, 3.63) is 34.9 Å². The molecule has 0 saturated carbocycles. The minimum Gasteiger partial charge on any atom is -0.299 e. The molecule has 0 aromatic heterocycles. The molecule has 0 unspecified atom stereocenters. The van der Waals surface area contributed by atoms with E-state index in [1.165, 1.54) is 16.7 Å². The maximum Gasteiger partial charge on any atom is 0.0239 e. The minimum atomic E-state index is 1.05. The standard InChI is InChI=1S/C13H20BrN/c1-4-15(9-8-14)10-13-11(2)6-5-7-12(13)3/h5-7H,4,8-10H2,1-3H3. The molecule has 0 atom stereocenters. The van der Waals surface area contributed by atoms with Crippen LogP contribution in [-0.4, -0.2) is 23.3 Å². The van der Waals surface area contributed by atoms with Crippen LogP contribution in [0.4, 0.5) is 0 Å². The number of aryl methyl sites for hydroxylation is 2. The predicted octanol–water partition coefficient (Wildman–Crippen LogP) is 3.52. The fourth-order valence-corrected chi connectivity index (χ4v) is 2.29. The largest absolute Gasteiger partial charge is 0.299 e. The van der Waals surface area contributed by atoms with Crippen LogP contribution in [0.15, 0.2) is 18.2 Å². The molecule has 0 N–H and O–H groups in total. The predicted molar refractivity (Wildman–Crippen MR) is 70.7 cm³/mol. The first-order valence-corrected chi connectivity index (χ1v) is 6.64. The summed E-state index contributed by atoms with van der Waals surface area (Å²) in [6.07, 6.45) is 0. The van der Waals surface area contributed by atoms with E-state index in [2.05, 4.69) is 59.8 Å². The number of benzene rings is 1. The molecule has 0 spiro atoms. The van der Waals surface area contributed by atoms with Crippen molar-refractivity contribution in [3.8, 4) is 0 Å². The number of rotatable bonds is 5. The third kappa shape index (κ3) is 3.62. The molecule has 0 aliphatic heterocycles. The van der Waals surface area contributed by atoms with Gasteiger partial charge in [0.05, 0.1) is 0 Å². The van der Waals surface area contributed by atoms with Gasteiger partial charge in [-0.3, -0.25) is 4.90 Å². The zero-order chi connectivity index (χ0) is 11.3. The van der Waals surface area contributed by atoms with E-state index in [9.17, 15) is 0 Å². The van der Waals surface area contributed by atoms with Gasteiger partial charge in [0.2, 0.25) is 0 Å². The molecule has 0 aliphatic carbocycles. The van der Waals surface area contributed by atoms with E-state index < -0.39 is 0 Å². The van der Waals surface area contributed by atoms with Crippen LogP contribution in [0.1, 0.15) is 23.6 Å². The Morgan fingerprint density at radius 2 is 1.80 bits per heavy atom. The Kier molecular flexibility index (Phi) is 5.34. The normalized spacial score (nSPS) is 11.0. The first-order chi connectivity index (χ1) is 7.19. The third-order valence-corrected chi connectivity index (χ3v) is 3.23. The monoisotopic (exact) mass is 269 g/mol. The van der Waals surface area contributed by atoms with Gasteiger partial charge in [-0.05, 0) is 37.1 Å². The number of nitrogens with zero attached hydrogens (tertiary/aromatic N) is 1. The average Bonchev–Trinajstić information content (AvgIpc) is 2.22. The molecule has 0 radical (unpaired) electrons. The lowest BCUT2D eigenvalue weighted by molar-refractivity contribution is 0.298. The Morgan fingerprint density at radius 1 is 1.20 bits per heavy atom. The Bertz CT molecular complexity index is 289. The smallest absolute Gasteiger partial charge is 0.0239 e. The van der Waals surface area contributed by atoms with E-state index in [1.54, 1.807) is 0 Å². The van der Waals surface area contributed by atoms with Gasteiger partial charge in [-0.15, -0.1) is 0 Å². The van der Waals surface area contributed by atoms with Crippen LogP contribution in [-0.2, 0) is 6.54 Å². The lowest BCUT2D eigenvalue weighted by Gasteiger charge is -2.21. The summed E-state index contributed by atoms with van der Waals surface area (Å²) < 4.78 is 0. The number of hydrogen-bond acceptors (Lipinski definition) is 1. The van der Waals surface area contributed by atoms with Gasteiger partial charge in [-0.25, -0.2) is 0 Å². The van der Waals surface area contributed by atoms with E-state index in [-0.39, 0.29) is 0 Å². The second kappa shape index (κ2) is 6.29. The lowest BCUT2D eigenvalue weighted by Crippen LogP contribution is -2.25. The van der Waals surface area contributed by atoms with Crippen LogP contribution in [0.25, 0.3) is 0 Å². The molecule has 0 amide bonds. The van der Waals surface area contributed by atoms with E-state index in [0.717, 1.165) is 25.0 Å². The highest BCUT2D eigenvalue weighted by molar-refractivity contribution is 9.09. The highest BCUT2D eigenvalue weighted by Crippen LogP contribution is 2.15. The number of alkyl halides is 1. The molecular weight excluding hydrogens is 250 g/mol. The van der Waals surface area contributed by atoms with Crippen LogP contribution in [0.3, 0.4) is 0 Å². The van der Waals surface area contributed by atoms with Crippen LogP contribution in [0, 0.1) is 13.8 Å². The van der Waals surface area contributed by atoms with Gasteiger partial charge in [-0.1, -0.05) is 41.1 Å². The Morgan fingerprint density at radius 3 is 2.27 bits per heavy atom. The van der Waals surface area contributed by atoms with Gasteiger partial charge in [0.1, 0.15) is 0 Å². The van der Waals surface area contributed by atoms with Crippen LogP contribution in [0.5, 0.6) is 0 Å². The Balaban J connectivity index is 2.78. The zero-order valence-electron chi connectivity index (χ0n) is 9.89. The fourth-order valence-electron chi connectivity index (χ4n) is 1.79. The molecule has 1 rings (SSSR count). The molecule has 0 fully saturated rings. The molecule has 0 saturated heterocycles. The summed E-state index contributed by atoms with van der Waals surface area (Å²) in [6.45, 7) is 9.91. The van der Waals surface area contributed by atoms with Crippen LogP contribution >= 0.6 is 15.9 Å². The van der Waals surface area contributed by atoms with Crippen molar-refractivity contribution in [2.24, 2.45) is 0 Å². The van der Waals surface area contributed by atoms with Crippen molar-refractivity contribution >= 4 is 15.9 Å². The quantitative estimate of drug-likeness (QED) is 0.740. The molecule has 1 nitrogen and oxygen atoms in total. The summed E-state index contributed by atoms with van der Waals surface area (Å²) in [4.78, 5) is 2.46. The topological polar surface area (TPSA) is 3.24 Å². The molecular formula is C13H20BrN. The van der Waals surface area contributed by atoms with Crippen LogP contribution in [0.2, 0.25) is 0 Å². The molecule has 1 aromatic rings. The molecule has 2 heteroatoms. The van der Waals surface area contributed by atoms with Gasteiger partial charge in [-0.2, -0.15) is 0 Å². The van der Waals surface area contributed by atoms with E-state index in [1.807, 2.05) is 0 Å². The van der Waals surface area contributed by atoms with Gasteiger partial charge in [0.25, 0.3) is 0 Å². The molecule has 84 valence electrons. The Labute approximate surface area is 102 Å². The summed E-state index contributed by atoms with van der Waals surface area (Å²) in [5, 5.41) is 1.05. The zero-order valence-corrected chi connectivity index (χ0v) is 11.5. The Hall–Kier alpha value is -0.340. The molecule has 0 heterocycles. The summed E-state index contributed by atoms with van der Waals surface area (Å²) in [6, 6.07) is 6.53. The minimum absolute atomic E-state index is 1.05. The summed E-state index contributed by atoms with van der Waals surface area (Å²) in [7, 11) is 0. The fraction of sp³-hybridized carbons (Fsp3) is 0.538. The molecule has 0 bridgehead atoms. The summed E-state index contributed by atoms with van der Waals surface area (Å²) >= 11 is 3.50. The van der Waals surface area contributed by atoms with Gasteiger partial charge < -0.3 is 0 Å². The van der Waals surface area contributed by atoms with Crippen molar-refractivity contribution in [2.75, 3.05) is 18.4 Å². The third-order valence-electron chi connectivity index (χ3n) is 2.87. The van der Waals surface area contributed by atoms with Crippen molar-refractivity contribution in [2.45, 2.75) is 27.3 Å². The van der Waals surface area contributed by atoms with Gasteiger partial charge in [0.15, 0.2) is 0 Å². The molecule has 1 aromatic carbocycles. The van der Waals surface area contributed by atoms with Gasteiger partial charge in [0, 0.05) is 18.4 Å². The van der Waals surface area contributed by atoms with Crippen molar-refractivity contribution in [3.63, 3.8) is 0 Å². The van der Waals surface area contributed by atoms with Crippen LogP contribution < -0.4 is 0 Å². The lowest BCUT2D eigenvalue weighted by atomic mass is 10.0. The first-order valence-electron chi connectivity index (χ1n) is 5.52. The van der Waals surface area contributed by atoms with E-state index in [0.29, 0.717) is 0 Å². The summed E-state index contributed by atoms with van der Waals surface area (Å²) in [5.74, 6) is 0. The maximum atomic E-state index is 3.50. The first kappa shape index (κ1) is 12.7. The second-order valence-corrected chi connectivity index (χ2v) is 4.72. The van der Waals surface area contributed by atoms with Crippen molar-refractivity contribution in [1.29, 1.82) is 0 Å². The second-order valence-electron chi connectivity index (χ2n) is 3.93. The van der Waals surface area contributed by atoms with Gasteiger partial charge >= 0.3 is 0 Å². The van der Waals surface area contributed by atoms with E-state index >= 15 is 0 Å². The summed E-state index contributed by atoms with van der Waals surface area (Å²) in [5.41, 5.74) is 4.30. The SMILES string of the molecule is CCN(CCBr)Cc1c(C)cccc1C. The van der Waals surface area contributed by atoms with Crippen molar-refractivity contribution < 1.29 is 0 Å². The highest BCUT2D eigenvalue weighted by Gasteiger charge is 2.07. The average molecular weight is 270 g/mol. The highest BCUT2D eigenvalue weighted by atomic mass is 79.9.